The van der Waals surface area contributed by atoms with Crippen LogP contribution in [0.4, 0.5) is 5.82 Å². The molecule has 0 radical (unpaired) electrons. The first-order valence-corrected chi connectivity index (χ1v) is 6.28. The molecule has 1 aliphatic carbocycles. The molecule has 2 aromatic heterocycles. The fraction of sp³-hybridized carbons (Fsp3) is 0.636. The molecule has 1 saturated carbocycles. The van der Waals surface area contributed by atoms with E-state index < -0.39 is 0 Å². The highest BCUT2D eigenvalue weighted by atomic mass is 16.5. The largest absolute Gasteiger partial charge is 0.381 e. The maximum absolute atomic E-state index is 5.79. The normalized spacial score (nSPS) is 15.2. The first-order chi connectivity index (χ1) is 8.78. The van der Waals surface area contributed by atoms with E-state index >= 15 is 0 Å². The van der Waals surface area contributed by atoms with Gasteiger partial charge in [-0.25, -0.2) is 4.68 Å². The van der Waals surface area contributed by atoms with Gasteiger partial charge in [-0.05, 0) is 19.3 Å². The minimum atomic E-state index is 0.468. The summed E-state index contributed by atoms with van der Waals surface area (Å²) in [6.07, 6.45) is 4.15. The van der Waals surface area contributed by atoms with Crippen molar-refractivity contribution in [3.8, 4) is 0 Å². The van der Waals surface area contributed by atoms with Gasteiger partial charge in [0.2, 0.25) is 5.89 Å². The van der Waals surface area contributed by atoms with E-state index in [2.05, 4.69) is 27.4 Å². The quantitative estimate of drug-likeness (QED) is 0.851. The van der Waals surface area contributed by atoms with Gasteiger partial charge >= 0.3 is 0 Å². The van der Waals surface area contributed by atoms with Crippen molar-refractivity contribution in [2.45, 2.75) is 45.1 Å². The molecular weight excluding hydrogens is 232 g/mol. The summed E-state index contributed by atoms with van der Waals surface area (Å²) in [6, 6.07) is 0. The van der Waals surface area contributed by atoms with Crippen LogP contribution in [0.25, 0.3) is 0 Å². The van der Waals surface area contributed by atoms with Gasteiger partial charge in [-0.2, -0.15) is 4.98 Å². The smallest absolute Gasteiger partial charge is 0.229 e. The number of hydrogen-bond donors (Lipinski definition) is 1. The topological polar surface area (TPSA) is 95.7 Å². The SMILES string of the molecule is CCCc1c(N)nnn1Cc1noc(C2CC2)n1. The van der Waals surface area contributed by atoms with Crippen molar-refractivity contribution >= 4 is 5.82 Å². The van der Waals surface area contributed by atoms with E-state index in [-0.39, 0.29) is 0 Å². The molecule has 7 heteroatoms. The zero-order valence-corrected chi connectivity index (χ0v) is 10.3. The second-order valence-electron chi connectivity index (χ2n) is 4.65. The lowest BCUT2D eigenvalue weighted by Gasteiger charge is -2.02. The summed E-state index contributed by atoms with van der Waals surface area (Å²) in [7, 11) is 0. The fourth-order valence-corrected chi connectivity index (χ4v) is 1.93. The van der Waals surface area contributed by atoms with Crippen molar-refractivity contribution in [2.24, 2.45) is 0 Å². The number of nitrogens with zero attached hydrogens (tertiary/aromatic N) is 5. The van der Waals surface area contributed by atoms with Crippen molar-refractivity contribution in [3.05, 3.63) is 17.4 Å². The molecule has 3 rings (SSSR count). The predicted molar refractivity (Wildman–Crippen MR) is 63.8 cm³/mol. The van der Waals surface area contributed by atoms with Crippen LogP contribution in [-0.2, 0) is 13.0 Å². The molecule has 1 aliphatic rings. The second kappa shape index (κ2) is 4.40. The second-order valence-corrected chi connectivity index (χ2v) is 4.65. The lowest BCUT2D eigenvalue weighted by atomic mass is 10.2. The predicted octanol–water partition coefficient (Wildman–Crippen LogP) is 1.12. The van der Waals surface area contributed by atoms with Crippen molar-refractivity contribution < 1.29 is 4.52 Å². The Bertz CT molecular complexity index is 541. The number of anilines is 1. The molecule has 0 atom stereocenters. The van der Waals surface area contributed by atoms with Gasteiger partial charge in [-0.15, -0.1) is 5.10 Å². The summed E-state index contributed by atoms with van der Waals surface area (Å²) in [5.41, 5.74) is 6.73. The van der Waals surface area contributed by atoms with Crippen LogP contribution in [0.1, 0.15) is 49.5 Å². The van der Waals surface area contributed by atoms with Crippen LogP contribution in [0, 0.1) is 0 Å². The van der Waals surface area contributed by atoms with Gasteiger partial charge < -0.3 is 10.3 Å². The third kappa shape index (κ3) is 2.07. The van der Waals surface area contributed by atoms with Crippen LogP contribution in [0.15, 0.2) is 4.52 Å². The first-order valence-electron chi connectivity index (χ1n) is 6.28. The molecule has 1 fully saturated rings. The summed E-state index contributed by atoms with van der Waals surface area (Å²) in [5.74, 6) is 2.35. The van der Waals surface area contributed by atoms with Crippen LogP contribution < -0.4 is 5.73 Å². The molecular formula is C11H16N6O. The molecule has 0 aromatic carbocycles. The third-order valence-electron chi connectivity index (χ3n) is 3.06. The highest BCUT2D eigenvalue weighted by Crippen LogP contribution is 2.38. The van der Waals surface area contributed by atoms with Crippen molar-refractivity contribution in [3.63, 3.8) is 0 Å². The Balaban J connectivity index is 1.78. The number of nitrogen functional groups attached to an aromatic ring is 1. The average Bonchev–Trinajstić information content (AvgIpc) is 3.03. The maximum Gasteiger partial charge on any atom is 0.229 e. The number of aromatic nitrogens is 5. The van der Waals surface area contributed by atoms with E-state index in [0.29, 0.717) is 24.1 Å². The monoisotopic (exact) mass is 248 g/mol. The Kier molecular flexibility index (Phi) is 2.73. The van der Waals surface area contributed by atoms with Crippen molar-refractivity contribution in [1.29, 1.82) is 0 Å². The summed E-state index contributed by atoms with van der Waals surface area (Å²) < 4.78 is 6.96. The zero-order valence-electron chi connectivity index (χ0n) is 10.3. The van der Waals surface area contributed by atoms with E-state index in [0.717, 1.165) is 37.3 Å². The van der Waals surface area contributed by atoms with E-state index in [4.69, 9.17) is 10.3 Å². The highest BCUT2D eigenvalue weighted by Gasteiger charge is 2.29. The number of hydrogen-bond acceptors (Lipinski definition) is 6. The van der Waals surface area contributed by atoms with E-state index in [1.54, 1.807) is 4.68 Å². The van der Waals surface area contributed by atoms with E-state index in [1.807, 2.05) is 0 Å². The summed E-state index contributed by atoms with van der Waals surface area (Å²) in [6.45, 7) is 2.56. The van der Waals surface area contributed by atoms with Crippen LogP contribution in [0.5, 0.6) is 0 Å². The van der Waals surface area contributed by atoms with E-state index in [9.17, 15) is 0 Å². The molecule has 7 nitrogen and oxygen atoms in total. The Morgan fingerprint density at radius 2 is 2.28 bits per heavy atom. The third-order valence-corrected chi connectivity index (χ3v) is 3.06. The van der Waals surface area contributed by atoms with Gasteiger partial charge in [-0.3, -0.25) is 0 Å². The van der Waals surface area contributed by atoms with Gasteiger partial charge in [0, 0.05) is 5.92 Å². The van der Waals surface area contributed by atoms with Gasteiger partial charge in [0.15, 0.2) is 11.6 Å². The fourth-order valence-electron chi connectivity index (χ4n) is 1.93. The Morgan fingerprint density at radius 1 is 1.44 bits per heavy atom. The molecule has 96 valence electrons. The van der Waals surface area contributed by atoms with Crippen LogP contribution in [0.2, 0.25) is 0 Å². The standard InChI is InChI=1S/C11H16N6O/c1-2-3-8-10(12)14-16-17(8)6-9-13-11(18-15-9)7-4-5-7/h7H,2-6,12H2,1H3. The minimum Gasteiger partial charge on any atom is -0.381 e. The number of rotatable bonds is 5. The average molecular weight is 248 g/mol. The van der Waals surface area contributed by atoms with Crippen LogP contribution in [-0.4, -0.2) is 25.1 Å². The van der Waals surface area contributed by atoms with Crippen molar-refractivity contribution in [2.75, 3.05) is 5.73 Å². The lowest BCUT2D eigenvalue weighted by molar-refractivity contribution is 0.371. The number of nitrogens with two attached hydrogens (primary N) is 1. The maximum atomic E-state index is 5.79. The highest BCUT2D eigenvalue weighted by molar-refractivity contribution is 5.33. The Morgan fingerprint density at radius 3 is 3.00 bits per heavy atom. The molecule has 0 spiro atoms. The molecule has 2 aromatic rings. The Hall–Kier alpha value is -1.92. The zero-order chi connectivity index (χ0) is 12.5. The molecule has 0 saturated heterocycles. The van der Waals surface area contributed by atoms with Gasteiger partial charge in [0.1, 0.15) is 6.54 Å². The van der Waals surface area contributed by atoms with E-state index in [1.165, 1.54) is 0 Å². The van der Waals surface area contributed by atoms with Gasteiger partial charge in [-0.1, -0.05) is 23.7 Å². The summed E-state index contributed by atoms with van der Waals surface area (Å²) in [5, 5.41) is 11.9. The Labute approximate surface area is 104 Å². The molecule has 0 bridgehead atoms. The minimum absolute atomic E-state index is 0.468. The molecule has 0 aliphatic heterocycles. The first kappa shape index (κ1) is 11.2. The van der Waals surface area contributed by atoms with Gasteiger partial charge in [0.25, 0.3) is 0 Å². The summed E-state index contributed by atoms with van der Waals surface area (Å²) >= 11 is 0. The van der Waals surface area contributed by atoms with Crippen LogP contribution >= 0.6 is 0 Å². The lowest BCUT2D eigenvalue weighted by Crippen LogP contribution is -2.08. The van der Waals surface area contributed by atoms with Gasteiger partial charge in [0.05, 0.1) is 5.69 Å². The molecule has 2 N–H and O–H groups in total. The molecule has 0 amide bonds. The van der Waals surface area contributed by atoms with Crippen LogP contribution in [0.3, 0.4) is 0 Å². The van der Waals surface area contributed by atoms with Crippen molar-refractivity contribution in [1.82, 2.24) is 25.1 Å². The molecule has 18 heavy (non-hydrogen) atoms. The molecule has 0 unspecified atom stereocenters. The molecule has 2 heterocycles. The summed E-state index contributed by atoms with van der Waals surface area (Å²) in [4.78, 5) is 4.37.